The van der Waals surface area contributed by atoms with Gasteiger partial charge in [-0.3, -0.25) is 0 Å². The number of carbonyl (C=O) groups excluding carboxylic acids is 1. The highest BCUT2D eigenvalue weighted by molar-refractivity contribution is 8.14. The molecule has 11 heavy (non-hydrogen) atoms. The van der Waals surface area contributed by atoms with Crippen LogP contribution in [0.1, 0.15) is 13.8 Å². The molecule has 0 bridgehead atoms. The maximum atomic E-state index is 10.8. The van der Waals surface area contributed by atoms with Crippen LogP contribution in [-0.2, 0) is 4.74 Å². The summed E-state index contributed by atoms with van der Waals surface area (Å²) in [6.45, 7) is 4.28. The summed E-state index contributed by atoms with van der Waals surface area (Å²) >= 11 is 1.17. The van der Waals surface area contributed by atoms with Gasteiger partial charge in [0.2, 0.25) is 0 Å². The molecule has 2 nitrogen and oxygen atoms in total. The highest BCUT2D eigenvalue weighted by Gasteiger charge is 2.37. The summed E-state index contributed by atoms with van der Waals surface area (Å²) in [5.74, 6) is 2.65. The van der Waals surface area contributed by atoms with Gasteiger partial charge in [-0.05, 0) is 25.6 Å². The molecule has 1 saturated heterocycles. The number of hydrogen-bond acceptors (Lipinski definition) is 3. The van der Waals surface area contributed by atoms with Crippen molar-refractivity contribution >= 4 is 17.1 Å². The second-order valence-corrected chi connectivity index (χ2v) is 4.58. The van der Waals surface area contributed by atoms with Gasteiger partial charge in [0.25, 0.3) is 0 Å². The van der Waals surface area contributed by atoms with Crippen molar-refractivity contribution in [1.29, 1.82) is 0 Å². The number of hydrogen-bond donors (Lipinski definition) is 0. The van der Waals surface area contributed by atoms with Crippen molar-refractivity contribution < 1.29 is 9.53 Å². The molecule has 0 aliphatic carbocycles. The molecule has 1 fully saturated rings. The lowest BCUT2D eigenvalue weighted by molar-refractivity contribution is 0.149. The topological polar surface area (TPSA) is 26.3 Å². The summed E-state index contributed by atoms with van der Waals surface area (Å²) in [6.07, 6.45) is 5.27. The summed E-state index contributed by atoms with van der Waals surface area (Å²) < 4.78 is 4.62. The van der Waals surface area contributed by atoms with Crippen molar-refractivity contribution in [2.75, 3.05) is 6.61 Å². The Balaban J connectivity index is 2.73. The van der Waals surface area contributed by atoms with Crippen molar-refractivity contribution in [1.82, 2.24) is 0 Å². The molecule has 1 atom stereocenters. The third-order valence-corrected chi connectivity index (χ3v) is 2.85. The van der Waals surface area contributed by atoms with Crippen molar-refractivity contribution in [3.63, 3.8) is 0 Å². The predicted molar refractivity (Wildman–Crippen MR) is 45.3 cm³/mol. The van der Waals surface area contributed by atoms with Gasteiger partial charge in [0, 0.05) is 4.75 Å². The molecule has 0 amide bonds. The van der Waals surface area contributed by atoms with E-state index in [-0.39, 0.29) is 16.0 Å². The molecule has 0 saturated carbocycles. The highest BCUT2D eigenvalue weighted by Crippen LogP contribution is 2.37. The van der Waals surface area contributed by atoms with Crippen LogP contribution in [-0.4, -0.2) is 16.7 Å². The van der Waals surface area contributed by atoms with E-state index in [2.05, 4.69) is 5.92 Å². The molecule has 60 valence electrons. The normalized spacial score (nSPS) is 28.8. The van der Waals surface area contributed by atoms with E-state index in [9.17, 15) is 4.79 Å². The molecule has 0 aromatic rings. The van der Waals surface area contributed by atoms with Gasteiger partial charge in [-0.25, -0.2) is 4.79 Å². The molecule has 0 N–H and O–H groups in total. The molecule has 1 unspecified atom stereocenters. The van der Waals surface area contributed by atoms with Gasteiger partial charge < -0.3 is 4.74 Å². The maximum absolute atomic E-state index is 10.8. The Kier molecular flexibility index (Phi) is 2.15. The van der Waals surface area contributed by atoms with Crippen LogP contribution in [0.3, 0.4) is 0 Å². The number of thioether (sulfide) groups is 1. The molecule has 0 aromatic carbocycles. The zero-order valence-electron chi connectivity index (χ0n) is 6.59. The molecule has 1 aliphatic heterocycles. The Bertz CT molecular complexity index is 215. The number of terminal acetylenes is 1. The second-order valence-electron chi connectivity index (χ2n) is 2.99. The van der Waals surface area contributed by atoms with Gasteiger partial charge in [-0.2, -0.15) is 0 Å². The quantitative estimate of drug-likeness (QED) is 0.410. The smallest absolute Gasteiger partial charge is 0.367 e. The van der Waals surface area contributed by atoms with Crippen molar-refractivity contribution in [2.45, 2.75) is 18.6 Å². The zero-order chi connectivity index (χ0) is 8.48. The molecule has 3 heteroatoms. The first-order chi connectivity index (χ1) is 5.06. The minimum absolute atomic E-state index is 0.0326. The Morgan fingerprint density at radius 2 is 2.45 bits per heavy atom. The molecular formula is C8H10O2S. The summed E-state index contributed by atoms with van der Waals surface area (Å²) in [4.78, 5) is 10.8. The average molecular weight is 170 g/mol. The first kappa shape index (κ1) is 8.48. The van der Waals surface area contributed by atoms with E-state index in [1.54, 1.807) is 0 Å². The zero-order valence-corrected chi connectivity index (χ0v) is 7.40. The van der Waals surface area contributed by atoms with Crippen LogP contribution in [0.25, 0.3) is 0 Å². The summed E-state index contributed by atoms with van der Waals surface area (Å²) in [6, 6.07) is 0. The van der Waals surface area contributed by atoms with Gasteiger partial charge in [-0.15, -0.1) is 6.42 Å². The van der Waals surface area contributed by atoms with Gasteiger partial charge in [0.15, 0.2) is 0 Å². The molecule has 1 aliphatic rings. The number of rotatable bonds is 0. The molecule has 0 aromatic heterocycles. The minimum atomic E-state index is -0.221. The minimum Gasteiger partial charge on any atom is -0.456 e. The number of ether oxygens (including phenoxy) is 1. The van der Waals surface area contributed by atoms with Crippen LogP contribution in [0, 0.1) is 18.3 Å². The first-order valence-electron chi connectivity index (χ1n) is 3.38. The van der Waals surface area contributed by atoms with Gasteiger partial charge in [0.1, 0.15) is 6.61 Å². The van der Waals surface area contributed by atoms with Gasteiger partial charge in [0.05, 0.1) is 5.92 Å². The third-order valence-electron chi connectivity index (χ3n) is 1.75. The summed E-state index contributed by atoms with van der Waals surface area (Å²) in [5.41, 5.74) is 0. The van der Waals surface area contributed by atoms with E-state index >= 15 is 0 Å². The predicted octanol–water partition coefficient (Wildman–Crippen LogP) is 1.90. The lowest BCUT2D eigenvalue weighted by atomic mass is 9.96. The van der Waals surface area contributed by atoms with E-state index in [1.165, 1.54) is 11.8 Å². The van der Waals surface area contributed by atoms with E-state index < -0.39 is 0 Å². The van der Waals surface area contributed by atoms with E-state index in [0.29, 0.717) is 6.61 Å². The van der Waals surface area contributed by atoms with Crippen LogP contribution >= 0.6 is 11.8 Å². The molecule has 0 spiro atoms. The SMILES string of the molecule is C#CC1COC(=O)SC1(C)C. The van der Waals surface area contributed by atoms with Gasteiger partial charge >= 0.3 is 5.30 Å². The Morgan fingerprint density at radius 1 is 1.82 bits per heavy atom. The molecule has 0 radical (unpaired) electrons. The number of cyclic esters (lactones) is 1. The van der Waals surface area contributed by atoms with Crippen LogP contribution in [0.2, 0.25) is 0 Å². The number of carbonyl (C=O) groups is 1. The van der Waals surface area contributed by atoms with Crippen LogP contribution in [0.15, 0.2) is 0 Å². The van der Waals surface area contributed by atoms with Crippen LogP contribution in [0.5, 0.6) is 0 Å². The second kappa shape index (κ2) is 2.78. The van der Waals surface area contributed by atoms with Crippen molar-refractivity contribution in [2.24, 2.45) is 5.92 Å². The van der Waals surface area contributed by atoms with Crippen molar-refractivity contribution in [3.8, 4) is 12.3 Å². The Hall–Kier alpha value is -0.620. The highest BCUT2D eigenvalue weighted by atomic mass is 32.2. The largest absolute Gasteiger partial charge is 0.456 e. The molecule has 1 heterocycles. The standard InChI is InChI=1S/C8H10O2S/c1-4-6-5-10-7(9)11-8(6,2)3/h1,6H,5H2,2-3H3. The Labute approximate surface area is 70.7 Å². The third kappa shape index (κ3) is 1.69. The van der Waals surface area contributed by atoms with Gasteiger partial charge in [-0.1, -0.05) is 5.92 Å². The fourth-order valence-corrected chi connectivity index (χ4v) is 1.75. The van der Waals surface area contributed by atoms with Crippen molar-refractivity contribution in [3.05, 3.63) is 0 Å². The lowest BCUT2D eigenvalue weighted by Crippen LogP contribution is -2.36. The van der Waals surface area contributed by atoms with E-state index in [4.69, 9.17) is 11.2 Å². The fraction of sp³-hybridized carbons (Fsp3) is 0.625. The monoisotopic (exact) mass is 170 g/mol. The van der Waals surface area contributed by atoms with E-state index in [1.807, 2.05) is 13.8 Å². The maximum Gasteiger partial charge on any atom is 0.367 e. The van der Waals surface area contributed by atoms with E-state index in [0.717, 1.165) is 0 Å². The molecule has 1 rings (SSSR count). The first-order valence-corrected chi connectivity index (χ1v) is 4.20. The lowest BCUT2D eigenvalue weighted by Gasteiger charge is -2.32. The molecular weight excluding hydrogens is 160 g/mol. The van der Waals surface area contributed by atoms with Crippen LogP contribution in [0.4, 0.5) is 4.79 Å². The summed E-state index contributed by atoms with van der Waals surface area (Å²) in [7, 11) is 0. The summed E-state index contributed by atoms with van der Waals surface area (Å²) in [5, 5.41) is -0.221. The Morgan fingerprint density at radius 3 is 2.91 bits per heavy atom. The fourth-order valence-electron chi connectivity index (χ4n) is 0.916. The average Bonchev–Trinajstić information content (AvgIpc) is 1.85. The van der Waals surface area contributed by atoms with Crippen LogP contribution < -0.4 is 0 Å².